The van der Waals surface area contributed by atoms with Crippen molar-refractivity contribution in [1.82, 2.24) is 0 Å². The molecule has 0 saturated carbocycles. The minimum Gasteiger partial charge on any atom is -0.153 e. The number of rotatable bonds is 1. The van der Waals surface area contributed by atoms with Crippen molar-refractivity contribution in [3.63, 3.8) is 0 Å². The van der Waals surface area contributed by atoms with Gasteiger partial charge in [-0.2, -0.15) is 9.90 Å². The molecule has 0 N–H and O–H groups in total. The fourth-order valence-corrected chi connectivity index (χ4v) is 1.61. The molecule has 1 aromatic carbocycles. The smallest absolute Gasteiger partial charge is 0.116 e. The normalized spacial score (nSPS) is 9.10. The maximum absolute atomic E-state index is 5.63. The van der Waals surface area contributed by atoms with Gasteiger partial charge in [-0.05, 0) is 0 Å². The predicted molar refractivity (Wildman–Crippen MR) is 55.8 cm³/mol. The van der Waals surface area contributed by atoms with Crippen molar-refractivity contribution in [2.24, 2.45) is 0 Å². The molecule has 56 valence electrons. The zero-order valence-corrected chi connectivity index (χ0v) is 9.12. The van der Waals surface area contributed by atoms with Gasteiger partial charge in [0.1, 0.15) is 6.63 Å². The van der Waals surface area contributed by atoms with Crippen LogP contribution in [0.2, 0.25) is 0 Å². The van der Waals surface area contributed by atoms with Gasteiger partial charge in [-0.3, -0.25) is 0 Å². The van der Waals surface area contributed by atoms with Crippen molar-refractivity contribution in [1.29, 1.82) is 0 Å². The maximum atomic E-state index is 5.63. The molecule has 0 saturated heterocycles. The highest BCUT2D eigenvalue weighted by molar-refractivity contribution is 8.08. The highest BCUT2D eigenvalue weighted by Crippen LogP contribution is 2.44. The standard InChI is InChI=1S/C6H5Cl2P.H3P/c7-9(8)6-4-2-1-3-5-6;/h1-5H;1H3. The summed E-state index contributed by atoms with van der Waals surface area (Å²) in [6.07, 6.45) is 0. The summed E-state index contributed by atoms with van der Waals surface area (Å²) in [4.78, 5) is 0. The van der Waals surface area contributed by atoms with Crippen molar-refractivity contribution in [2.75, 3.05) is 0 Å². The van der Waals surface area contributed by atoms with E-state index in [1.807, 2.05) is 30.3 Å². The molecular formula is C6H8Cl2P2. The van der Waals surface area contributed by atoms with Gasteiger partial charge in [0.05, 0.1) is 0 Å². The molecule has 0 aliphatic rings. The lowest BCUT2D eigenvalue weighted by molar-refractivity contribution is 1.78. The summed E-state index contributed by atoms with van der Waals surface area (Å²) in [6, 6.07) is 9.64. The Morgan fingerprint density at radius 1 is 1.00 bits per heavy atom. The Labute approximate surface area is 74.9 Å². The number of benzene rings is 1. The molecular weight excluding hydrogens is 205 g/mol. The molecule has 0 spiro atoms. The van der Waals surface area contributed by atoms with Crippen LogP contribution < -0.4 is 5.30 Å². The van der Waals surface area contributed by atoms with Crippen LogP contribution in [0, 0.1) is 0 Å². The molecule has 0 bridgehead atoms. The largest absolute Gasteiger partial charge is 0.153 e. The summed E-state index contributed by atoms with van der Waals surface area (Å²) < 4.78 is 0. The van der Waals surface area contributed by atoms with E-state index in [-0.39, 0.29) is 9.90 Å². The van der Waals surface area contributed by atoms with Crippen LogP contribution in [0.15, 0.2) is 30.3 Å². The molecule has 0 heterocycles. The monoisotopic (exact) mass is 212 g/mol. The van der Waals surface area contributed by atoms with Gasteiger partial charge in [0.2, 0.25) is 0 Å². The molecule has 0 aliphatic heterocycles. The third-order valence-corrected chi connectivity index (χ3v) is 2.81. The Hall–Kier alpha value is 0.660. The second kappa shape index (κ2) is 5.33. The van der Waals surface area contributed by atoms with Gasteiger partial charge in [-0.25, -0.2) is 0 Å². The molecule has 1 atom stereocenters. The van der Waals surface area contributed by atoms with Gasteiger partial charge >= 0.3 is 0 Å². The van der Waals surface area contributed by atoms with Crippen molar-refractivity contribution in [3.05, 3.63) is 30.3 Å². The molecule has 0 amide bonds. The summed E-state index contributed by atoms with van der Waals surface area (Å²) in [6.45, 7) is -0.951. The first-order chi connectivity index (χ1) is 4.30. The minimum atomic E-state index is -0.951. The molecule has 0 nitrogen and oxygen atoms in total. The van der Waals surface area contributed by atoms with E-state index in [0.29, 0.717) is 0 Å². The fourth-order valence-electron chi connectivity index (χ4n) is 0.541. The van der Waals surface area contributed by atoms with Gasteiger partial charge in [-0.15, -0.1) is 0 Å². The quantitative estimate of drug-likeness (QED) is 0.628. The Morgan fingerprint density at radius 2 is 1.50 bits per heavy atom. The topological polar surface area (TPSA) is 0 Å². The van der Waals surface area contributed by atoms with Crippen LogP contribution in [-0.2, 0) is 0 Å². The van der Waals surface area contributed by atoms with Crippen molar-refractivity contribution >= 4 is 44.3 Å². The van der Waals surface area contributed by atoms with E-state index in [4.69, 9.17) is 22.5 Å². The van der Waals surface area contributed by atoms with E-state index in [2.05, 4.69) is 0 Å². The Bertz CT molecular complexity index is 176. The summed E-state index contributed by atoms with van der Waals surface area (Å²) in [5.41, 5.74) is 0. The van der Waals surface area contributed by atoms with Crippen molar-refractivity contribution < 1.29 is 0 Å². The third kappa shape index (κ3) is 3.17. The van der Waals surface area contributed by atoms with E-state index >= 15 is 0 Å². The molecule has 4 heteroatoms. The van der Waals surface area contributed by atoms with Crippen LogP contribution in [0.25, 0.3) is 0 Å². The molecule has 1 aromatic rings. The lowest BCUT2D eigenvalue weighted by Crippen LogP contribution is -1.89. The van der Waals surface area contributed by atoms with Crippen LogP contribution in [0.3, 0.4) is 0 Å². The van der Waals surface area contributed by atoms with E-state index in [0.717, 1.165) is 5.30 Å². The van der Waals surface area contributed by atoms with Crippen LogP contribution in [0.5, 0.6) is 0 Å². The second-order valence-corrected chi connectivity index (χ2v) is 5.10. The first-order valence-electron chi connectivity index (χ1n) is 2.47. The maximum Gasteiger partial charge on any atom is 0.116 e. The van der Waals surface area contributed by atoms with Crippen molar-refractivity contribution in [3.8, 4) is 0 Å². The Morgan fingerprint density at radius 3 is 1.80 bits per heavy atom. The van der Waals surface area contributed by atoms with E-state index in [1.165, 1.54) is 0 Å². The van der Waals surface area contributed by atoms with E-state index in [1.54, 1.807) is 0 Å². The van der Waals surface area contributed by atoms with Crippen LogP contribution in [-0.4, -0.2) is 0 Å². The molecule has 1 unspecified atom stereocenters. The van der Waals surface area contributed by atoms with Crippen LogP contribution in [0.1, 0.15) is 0 Å². The van der Waals surface area contributed by atoms with Crippen molar-refractivity contribution in [2.45, 2.75) is 0 Å². The van der Waals surface area contributed by atoms with Gasteiger partial charge < -0.3 is 0 Å². The zero-order chi connectivity index (χ0) is 6.69. The highest BCUT2D eigenvalue weighted by atomic mass is 35.9. The molecule has 10 heavy (non-hydrogen) atoms. The van der Waals surface area contributed by atoms with Gasteiger partial charge in [0, 0.05) is 5.30 Å². The first kappa shape index (κ1) is 10.7. The summed E-state index contributed by atoms with van der Waals surface area (Å²) in [7, 11) is 0. The number of halogens is 2. The van der Waals surface area contributed by atoms with E-state index < -0.39 is 6.63 Å². The van der Waals surface area contributed by atoms with Crippen LogP contribution in [0.4, 0.5) is 0 Å². The first-order valence-corrected chi connectivity index (χ1v) is 5.62. The van der Waals surface area contributed by atoms with E-state index in [9.17, 15) is 0 Å². The second-order valence-electron chi connectivity index (χ2n) is 1.57. The summed E-state index contributed by atoms with van der Waals surface area (Å²) >= 11 is 11.3. The Balaban J connectivity index is 0.000000810. The van der Waals surface area contributed by atoms with Gasteiger partial charge in [0.15, 0.2) is 0 Å². The van der Waals surface area contributed by atoms with Crippen LogP contribution >= 0.6 is 39.0 Å². The fraction of sp³-hybridized carbons (Fsp3) is 0. The highest BCUT2D eigenvalue weighted by Gasteiger charge is 1.99. The van der Waals surface area contributed by atoms with Gasteiger partial charge in [0.25, 0.3) is 0 Å². The zero-order valence-electron chi connectivity index (χ0n) is 5.30. The molecule has 0 radical (unpaired) electrons. The third-order valence-electron chi connectivity index (χ3n) is 0.951. The summed E-state index contributed by atoms with van der Waals surface area (Å²) in [5.74, 6) is 0. The Kier molecular flexibility index (Phi) is 5.68. The SMILES string of the molecule is ClP(Cl)c1ccccc1.P. The number of hydrogen-bond donors (Lipinski definition) is 0. The average Bonchev–Trinajstić information content (AvgIpc) is 1.90. The predicted octanol–water partition coefficient (Wildman–Crippen LogP) is 3.16. The molecule has 0 aliphatic carbocycles. The van der Waals surface area contributed by atoms with Gasteiger partial charge in [-0.1, -0.05) is 52.8 Å². The molecule has 0 aromatic heterocycles. The average molecular weight is 213 g/mol. The lowest BCUT2D eigenvalue weighted by Gasteiger charge is -1.96. The molecule has 1 rings (SSSR count). The minimum absolute atomic E-state index is 0. The molecule has 0 fully saturated rings. The number of hydrogen-bond acceptors (Lipinski definition) is 0. The summed E-state index contributed by atoms with van der Waals surface area (Å²) in [5, 5.41) is 1.01. The lowest BCUT2D eigenvalue weighted by atomic mass is 10.4.